The van der Waals surface area contributed by atoms with E-state index in [1.807, 2.05) is 13.2 Å². The molecule has 0 aromatic heterocycles. The lowest BCUT2D eigenvalue weighted by Gasteiger charge is -1.94. The van der Waals surface area contributed by atoms with Crippen molar-refractivity contribution in [2.24, 2.45) is 0 Å². The van der Waals surface area contributed by atoms with Crippen LogP contribution < -0.4 is 0 Å². The van der Waals surface area contributed by atoms with Crippen molar-refractivity contribution in [3.8, 4) is 0 Å². The first-order chi connectivity index (χ1) is 3.31. The van der Waals surface area contributed by atoms with E-state index in [0.717, 1.165) is 6.29 Å². The Morgan fingerprint density at radius 2 is 2.29 bits per heavy atom. The van der Waals surface area contributed by atoms with Crippen LogP contribution in [0.1, 0.15) is 6.92 Å². The molecule has 0 spiro atoms. The Bertz CT molecular complexity index is 55.7. The summed E-state index contributed by atoms with van der Waals surface area (Å²) in [5.74, 6) is 0. The van der Waals surface area contributed by atoms with E-state index in [9.17, 15) is 4.79 Å². The topological polar surface area (TPSA) is 17.1 Å². The van der Waals surface area contributed by atoms with E-state index in [1.54, 1.807) is 21.6 Å². The van der Waals surface area contributed by atoms with E-state index in [2.05, 4.69) is 0 Å². The van der Waals surface area contributed by atoms with Crippen molar-refractivity contribution in [1.29, 1.82) is 0 Å². The highest BCUT2D eigenvalue weighted by atomic mass is 33.1. The van der Waals surface area contributed by atoms with Gasteiger partial charge in [0.15, 0.2) is 0 Å². The van der Waals surface area contributed by atoms with Gasteiger partial charge in [-0.3, -0.25) is 0 Å². The third-order valence-corrected chi connectivity index (χ3v) is 2.53. The minimum atomic E-state index is 0.148. The SMILES string of the molecule is CSS[C@H](C)C=O. The first-order valence-corrected chi connectivity index (χ1v) is 4.58. The van der Waals surface area contributed by atoms with Crippen molar-refractivity contribution in [2.45, 2.75) is 12.2 Å². The molecule has 0 unspecified atom stereocenters. The summed E-state index contributed by atoms with van der Waals surface area (Å²) < 4.78 is 0. The summed E-state index contributed by atoms with van der Waals surface area (Å²) >= 11 is 0. The quantitative estimate of drug-likeness (QED) is 0.433. The number of carbonyl (C=O) groups excluding carboxylic acids is 1. The Morgan fingerprint density at radius 3 is 2.43 bits per heavy atom. The summed E-state index contributed by atoms with van der Waals surface area (Å²) in [5, 5.41) is 0.148. The minimum absolute atomic E-state index is 0.148. The van der Waals surface area contributed by atoms with Gasteiger partial charge in [0.25, 0.3) is 0 Å². The zero-order chi connectivity index (χ0) is 5.70. The molecule has 0 aromatic carbocycles. The zero-order valence-corrected chi connectivity index (χ0v) is 6.01. The number of hydrogen-bond acceptors (Lipinski definition) is 3. The Labute approximate surface area is 51.6 Å². The van der Waals surface area contributed by atoms with Crippen LogP contribution in [0.15, 0.2) is 0 Å². The van der Waals surface area contributed by atoms with E-state index >= 15 is 0 Å². The van der Waals surface area contributed by atoms with Crippen molar-refractivity contribution >= 4 is 27.9 Å². The fourth-order valence-electron chi connectivity index (χ4n) is 0.174. The van der Waals surface area contributed by atoms with Gasteiger partial charge in [-0.2, -0.15) is 0 Å². The molecule has 0 aliphatic carbocycles. The van der Waals surface area contributed by atoms with Gasteiger partial charge < -0.3 is 4.79 Å². The highest BCUT2D eigenvalue weighted by Gasteiger charge is 1.94. The molecule has 0 heterocycles. The first-order valence-electron chi connectivity index (χ1n) is 1.96. The highest BCUT2D eigenvalue weighted by molar-refractivity contribution is 8.76. The molecule has 0 bridgehead atoms. The third kappa shape index (κ3) is 4.22. The number of aldehydes is 1. The van der Waals surface area contributed by atoms with E-state index in [0.29, 0.717) is 0 Å². The normalized spacial score (nSPS) is 13.4. The minimum Gasteiger partial charge on any atom is -0.302 e. The molecule has 1 nitrogen and oxygen atoms in total. The molecule has 0 saturated heterocycles. The van der Waals surface area contributed by atoms with Crippen LogP contribution in [0, 0.1) is 0 Å². The van der Waals surface area contributed by atoms with Crippen LogP contribution >= 0.6 is 21.6 Å². The standard InChI is InChI=1S/C4H8OS2/c1-4(3-5)7-6-2/h3-4H,1-2H3/t4-/m1/s1. The second kappa shape index (κ2) is 4.53. The second-order valence-electron chi connectivity index (χ2n) is 1.10. The fraction of sp³-hybridized carbons (Fsp3) is 0.750. The predicted molar refractivity (Wildman–Crippen MR) is 36.6 cm³/mol. The molecule has 0 aliphatic heterocycles. The lowest BCUT2D eigenvalue weighted by atomic mass is 10.6. The van der Waals surface area contributed by atoms with Crippen LogP contribution in [0.5, 0.6) is 0 Å². The molecule has 0 N–H and O–H groups in total. The Hall–Kier alpha value is 0.370. The van der Waals surface area contributed by atoms with Crippen LogP contribution in [-0.4, -0.2) is 17.8 Å². The van der Waals surface area contributed by atoms with Gasteiger partial charge in [-0.25, -0.2) is 0 Å². The number of hydrogen-bond donors (Lipinski definition) is 0. The number of carbonyl (C=O) groups is 1. The maximum absolute atomic E-state index is 9.86. The van der Waals surface area contributed by atoms with Gasteiger partial charge in [0, 0.05) is 0 Å². The van der Waals surface area contributed by atoms with E-state index in [-0.39, 0.29) is 5.25 Å². The summed E-state index contributed by atoms with van der Waals surface area (Å²) in [5.41, 5.74) is 0. The molecule has 0 amide bonds. The summed E-state index contributed by atoms with van der Waals surface area (Å²) in [6, 6.07) is 0. The summed E-state index contributed by atoms with van der Waals surface area (Å²) in [4.78, 5) is 9.86. The van der Waals surface area contributed by atoms with E-state index < -0.39 is 0 Å². The summed E-state index contributed by atoms with van der Waals surface area (Å²) in [6.07, 6.45) is 2.91. The van der Waals surface area contributed by atoms with Crippen LogP contribution in [0.3, 0.4) is 0 Å². The third-order valence-electron chi connectivity index (χ3n) is 0.440. The monoisotopic (exact) mass is 136 g/mol. The molecule has 0 saturated carbocycles. The van der Waals surface area contributed by atoms with E-state index in [1.165, 1.54) is 0 Å². The van der Waals surface area contributed by atoms with Crippen molar-refractivity contribution < 1.29 is 4.79 Å². The van der Waals surface area contributed by atoms with Crippen molar-refractivity contribution in [3.63, 3.8) is 0 Å². The van der Waals surface area contributed by atoms with Crippen LogP contribution in [-0.2, 0) is 4.79 Å². The zero-order valence-electron chi connectivity index (χ0n) is 4.38. The Balaban J connectivity index is 2.98. The van der Waals surface area contributed by atoms with Gasteiger partial charge >= 0.3 is 0 Å². The first kappa shape index (κ1) is 7.37. The lowest BCUT2D eigenvalue weighted by Crippen LogP contribution is -1.91. The van der Waals surface area contributed by atoms with Gasteiger partial charge in [-0.1, -0.05) is 21.6 Å². The van der Waals surface area contributed by atoms with E-state index in [4.69, 9.17) is 0 Å². The summed E-state index contributed by atoms with van der Waals surface area (Å²) in [7, 11) is 3.20. The Morgan fingerprint density at radius 1 is 1.71 bits per heavy atom. The molecule has 42 valence electrons. The van der Waals surface area contributed by atoms with Crippen LogP contribution in [0.25, 0.3) is 0 Å². The highest BCUT2D eigenvalue weighted by Crippen LogP contribution is 2.20. The van der Waals surface area contributed by atoms with Gasteiger partial charge in [-0.15, -0.1) is 0 Å². The maximum Gasteiger partial charge on any atom is 0.133 e. The largest absolute Gasteiger partial charge is 0.302 e. The molecule has 3 heteroatoms. The maximum atomic E-state index is 9.86. The number of rotatable bonds is 3. The smallest absolute Gasteiger partial charge is 0.133 e. The molecular weight excluding hydrogens is 128 g/mol. The van der Waals surface area contributed by atoms with Gasteiger partial charge in [0.1, 0.15) is 6.29 Å². The molecular formula is C4H8OS2. The Kier molecular flexibility index (Phi) is 4.77. The van der Waals surface area contributed by atoms with Crippen molar-refractivity contribution in [2.75, 3.05) is 6.26 Å². The second-order valence-corrected chi connectivity index (χ2v) is 3.95. The molecule has 0 aliphatic rings. The fourth-order valence-corrected chi connectivity index (χ4v) is 1.57. The average Bonchev–Trinajstić information content (AvgIpc) is 1.68. The van der Waals surface area contributed by atoms with Crippen LogP contribution in [0.2, 0.25) is 0 Å². The van der Waals surface area contributed by atoms with Gasteiger partial charge in [0.05, 0.1) is 5.25 Å². The van der Waals surface area contributed by atoms with Gasteiger partial charge in [-0.05, 0) is 13.2 Å². The lowest BCUT2D eigenvalue weighted by molar-refractivity contribution is -0.107. The molecule has 0 aromatic rings. The molecule has 0 fully saturated rings. The van der Waals surface area contributed by atoms with Gasteiger partial charge in [0.2, 0.25) is 0 Å². The molecule has 7 heavy (non-hydrogen) atoms. The molecule has 0 rings (SSSR count). The van der Waals surface area contributed by atoms with Crippen molar-refractivity contribution in [3.05, 3.63) is 0 Å². The molecule has 0 radical (unpaired) electrons. The van der Waals surface area contributed by atoms with Crippen LogP contribution in [0.4, 0.5) is 0 Å². The summed E-state index contributed by atoms with van der Waals surface area (Å²) in [6.45, 7) is 1.88. The predicted octanol–water partition coefficient (Wildman–Crippen LogP) is 1.58. The average molecular weight is 136 g/mol. The molecule has 1 atom stereocenters. The van der Waals surface area contributed by atoms with Crippen molar-refractivity contribution in [1.82, 2.24) is 0 Å².